The third-order valence-electron chi connectivity index (χ3n) is 4.93. The predicted molar refractivity (Wildman–Crippen MR) is 111 cm³/mol. The number of nitrogens with one attached hydrogen (secondary N) is 3. The summed E-state index contributed by atoms with van der Waals surface area (Å²) in [7, 11) is -3.60. The Morgan fingerprint density at radius 1 is 1.17 bits per heavy atom. The minimum Gasteiger partial charge on any atom is -0.288 e. The predicted octanol–water partition coefficient (Wildman–Crippen LogP) is 2.31. The van der Waals surface area contributed by atoms with Gasteiger partial charge in [0, 0.05) is 6.04 Å². The SMILES string of the molecule is C/C(=N/Nc1nnc(C)c(=O)[nH]1)c1cccc(S(=O)(=O)NC2CCCCCC2)c1. The molecule has 0 atom stereocenters. The van der Waals surface area contributed by atoms with E-state index in [1.165, 1.54) is 0 Å². The van der Waals surface area contributed by atoms with Gasteiger partial charge in [-0.05, 0) is 44.4 Å². The number of hydrogen-bond donors (Lipinski definition) is 3. The van der Waals surface area contributed by atoms with Crippen LogP contribution >= 0.6 is 0 Å². The van der Waals surface area contributed by atoms with Crippen molar-refractivity contribution in [3.63, 3.8) is 0 Å². The molecule has 1 heterocycles. The second-order valence-corrected chi connectivity index (χ2v) is 8.95. The Bertz CT molecular complexity index is 1040. The molecule has 0 saturated heterocycles. The van der Waals surface area contributed by atoms with Gasteiger partial charge in [-0.25, -0.2) is 18.6 Å². The fourth-order valence-corrected chi connectivity index (χ4v) is 4.57. The molecule has 3 rings (SSSR count). The van der Waals surface area contributed by atoms with Gasteiger partial charge in [0.25, 0.3) is 5.56 Å². The number of benzene rings is 1. The van der Waals surface area contributed by atoms with Crippen LogP contribution in [0.4, 0.5) is 5.95 Å². The van der Waals surface area contributed by atoms with Crippen LogP contribution < -0.4 is 15.7 Å². The molecule has 1 aliphatic rings. The third kappa shape index (κ3) is 5.70. The Hall–Kier alpha value is -2.59. The van der Waals surface area contributed by atoms with Crippen LogP contribution in [0.5, 0.6) is 0 Å². The maximum Gasteiger partial charge on any atom is 0.274 e. The van der Waals surface area contributed by atoms with Crippen molar-refractivity contribution in [1.29, 1.82) is 0 Å². The number of sulfonamides is 1. The molecule has 3 N–H and O–H groups in total. The lowest BCUT2D eigenvalue weighted by atomic mass is 10.1. The van der Waals surface area contributed by atoms with Crippen molar-refractivity contribution in [3.05, 3.63) is 45.9 Å². The van der Waals surface area contributed by atoms with E-state index in [-0.39, 0.29) is 28.1 Å². The standard InChI is InChI=1S/C19H26N6O3S/c1-13(21-23-19-20-18(26)14(2)22-24-19)15-8-7-11-17(12-15)29(27,28)25-16-9-5-3-4-6-10-16/h7-8,11-12,16,25H,3-6,9-10H2,1-2H3,(H2,20,23,24,26)/b21-13-. The zero-order valence-corrected chi connectivity index (χ0v) is 17.4. The monoisotopic (exact) mass is 418 g/mol. The zero-order valence-electron chi connectivity index (χ0n) is 16.6. The highest BCUT2D eigenvalue weighted by Crippen LogP contribution is 2.20. The van der Waals surface area contributed by atoms with E-state index >= 15 is 0 Å². The Balaban J connectivity index is 1.74. The van der Waals surface area contributed by atoms with Crippen LogP contribution in [0.15, 0.2) is 39.1 Å². The molecule has 10 heteroatoms. The molecule has 0 spiro atoms. The maximum absolute atomic E-state index is 12.8. The third-order valence-corrected chi connectivity index (χ3v) is 6.45. The van der Waals surface area contributed by atoms with Gasteiger partial charge in [0.2, 0.25) is 16.0 Å². The van der Waals surface area contributed by atoms with E-state index in [0.717, 1.165) is 38.5 Å². The summed E-state index contributed by atoms with van der Waals surface area (Å²) in [6, 6.07) is 6.60. The number of rotatable bonds is 6. The molecule has 1 saturated carbocycles. The van der Waals surface area contributed by atoms with E-state index in [0.29, 0.717) is 11.3 Å². The van der Waals surface area contributed by atoms with Crippen molar-refractivity contribution in [2.45, 2.75) is 63.3 Å². The smallest absolute Gasteiger partial charge is 0.274 e. The summed E-state index contributed by atoms with van der Waals surface area (Å²) in [5.41, 5.74) is 3.73. The van der Waals surface area contributed by atoms with Crippen molar-refractivity contribution >= 4 is 21.7 Å². The van der Waals surface area contributed by atoms with Gasteiger partial charge in [0.15, 0.2) is 0 Å². The number of aromatic amines is 1. The molecule has 156 valence electrons. The molecule has 0 amide bonds. The van der Waals surface area contributed by atoms with Gasteiger partial charge in [-0.2, -0.15) is 5.10 Å². The Morgan fingerprint density at radius 3 is 2.59 bits per heavy atom. The topological polar surface area (TPSA) is 129 Å². The van der Waals surface area contributed by atoms with Crippen molar-refractivity contribution < 1.29 is 8.42 Å². The van der Waals surface area contributed by atoms with Crippen molar-refractivity contribution in [2.75, 3.05) is 5.43 Å². The molecule has 29 heavy (non-hydrogen) atoms. The van der Waals surface area contributed by atoms with Crippen LogP contribution in [0.25, 0.3) is 0 Å². The first-order chi connectivity index (χ1) is 13.8. The maximum atomic E-state index is 12.8. The minimum absolute atomic E-state index is 0.0143. The molecule has 2 aromatic rings. The highest BCUT2D eigenvalue weighted by molar-refractivity contribution is 7.89. The molecule has 9 nitrogen and oxygen atoms in total. The summed E-state index contributed by atoms with van der Waals surface area (Å²) in [6.45, 7) is 3.29. The molecule has 0 unspecified atom stereocenters. The van der Waals surface area contributed by atoms with Gasteiger partial charge in [0.1, 0.15) is 5.69 Å². The summed E-state index contributed by atoms with van der Waals surface area (Å²) in [6.07, 6.45) is 6.17. The lowest BCUT2D eigenvalue weighted by Crippen LogP contribution is -2.34. The normalized spacial score (nSPS) is 16.4. The average molecular weight is 419 g/mol. The van der Waals surface area contributed by atoms with Crippen molar-refractivity contribution in [2.24, 2.45) is 5.10 Å². The van der Waals surface area contributed by atoms with Gasteiger partial charge in [-0.15, -0.1) is 10.2 Å². The largest absolute Gasteiger partial charge is 0.288 e. The molecule has 1 aromatic carbocycles. The van der Waals surface area contributed by atoms with E-state index in [9.17, 15) is 13.2 Å². The average Bonchev–Trinajstić information content (AvgIpc) is 2.97. The number of nitrogens with zero attached hydrogens (tertiary/aromatic N) is 3. The molecule has 1 aliphatic carbocycles. The summed E-state index contributed by atoms with van der Waals surface area (Å²) in [5, 5.41) is 11.7. The molecule has 1 aromatic heterocycles. The number of H-pyrrole nitrogens is 1. The fraction of sp³-hybridized carbons (Fsp3) is 0.474. The summed E-state index contributed by atoms with van der Waals surface area (Å²) in [4.78, 5) is 14.3. The molecule has 1 fully saturated rings. The van der Waals surface area contributed by atoms with Gasteiger partial charge in [0.05, 0.1) is 10.6 Å². The van der Waals surface area contributed by atoms with Gasteiger partial charge >= 0.3 is 0 Å². The first-order valence-electron chi connectivity index (χ1n) is 9.72. The van der Waals surface area contributed by atoms with Crippen LogP contribution in [-0.4, -0.2) is 35.4 Å². The highest BCUT2D eigenvalue weighted by atomic mass is 32.2. The second-order valence-electron chi connectivity index (χ2n) is 7.23. The van der Waals surface area contributed by atoms with E-state index in [2.05, 4.69) is 30.4 Å². The van der Waals surface area contributed by atoms with E-state index in [1.807, 2.05) is 0 Å². The summed E-state index contributed by atoms with van der Waals surface area (Å²) < 4.78 is 28.5. The van der Waals surface area contributed by atoms with Crippen molar-refractivity contribution in [3.8, 4) is 0 Å². The number of hydrogen-bond acceptors (Lipinski definition) is 7. The van der Waals surface area contributed by atoms with E-state index in [1.54, 1.807) is 38.1 Å². The van der Waals surface area contributed by atoms with Gasteiger partial charge in [-0.3, -0.25) is 9.78 Å². The Kier molecular flexibility index (Phi) is 6.75. The van der Waals surface area contributed by atoms with Crippen LogP contribution in [0.2, 0.25) is 0 Å². The van der Waals surface area contributed by atoms with Crippen LogP contribution in [-0.2, 0) is 10.0 Å². The van der Waals surface area contributed by atoms with Crippen LogP contribution in [0.1, 0.15) is 56.7 Å². The quantitative estimate of drug-likeness (QED) is 0.375. The van der Waals surface area contributed by atoms with E-state index < -0.39 is 10.0 Å². The molecule has 0 bridgehead atoms. The number of aromatic nitrogens is 3. The number of hydrazone groups is 1. The lowest BCUT2D eigenvalue weighted by Gasteiger charge is -2.16. The van der Waals surface area contributed by atoms with Gasteiger partial charge < -0.3 is 0 Å². The highest BCUT2D eigenvalue weighted by Gasteiger charge is 2.21. The first-order valence-corrected chi connectivity index (χ1v) is 11.2. The van der Waals surface area contributed by atoms with E-state index in [4.69, 9.17) is 0 Å². The molecular weight excluding hydrogens is 392 g/mol. The number of anilines is 1. The molecule has 0 radical (unpaired) electrons. The minimum atomic E-state index is -3.60. The summed E-state index contributed by atoms with van der Waals surface area (Å²) in [5.74, 6) is 0.110. The fourth-order valence-electron chi connectivity index (χ4n) is 3.22. The zero-order chi connectivity index (χ0) is 20.9. The molecule has 0 aliphatic heterocycles. The van der Waals surface area contributed by atoms with Crippen LogP contribution in [0.3, 0.4) is 0 Å². The summed E-state index contributed by atoms with van der Waals surface area (Å²) >= 11 is 0. The first kappa shape index (κ1) is 21.1. The van der Waals surface area contributed by atoms with Gasteiger partial charge in [-0.1, -0.05) is 37.8 Å². The second kappa shape index (κ2) is 9.27. The van der Waals surface area contributed by atoms with Crippen LogP contribution in [0, 0.1) is 6.92 Å². The number of aryl methyl sites for hydroxylation is 1. The molecular formula is C19H26N6O3S. The lowest BCUT2D eigenvalue weighted by molar-refractivity contribution is 0.510. The Labute approximate surface area is 170 Å². The Morgan fingerprint density at radius 2 is 1.90 bits per heavy atom. The van der Waals surface area contributed by atoms with Crippen molar-refractivity contribution in [1.82, 2.24) is 19.9 Å².